The lowest BCUT2D eigenvalue weighted by molar-refractivity contribution is -0.136. The highest BCUT2D eigenvalue weighted by Gasteiger charge is 2.18. The molecule has 0 spiro atoms. The lowest BCUT2D eigenvalue weighted by Gasteiger charge is -2.05. The fraction of sp³-hybridized carbons (Fsp3) is 0.273. The number of aromatic amines is 1. The van der Waals surface area contributed by atoms with Gasteiger partial charge in [-0.1, -0.05) is 17.8 Å². The van der Waals surface area contributed by atoms with Crippen molar-refractivity contribution < 1.29 is 9.90 Å². The number of H-pyrrole nitrogens is 1. The van der Waals surface area contributed by atoms with Crippen molar-refractivity contribution in [3.8, 4) is 0 Å². The van der Waals surface area contributed by atoms with Crippen LogP contribution in [-0.4, -0.2) is 32.8 Å². The number of carboxylic acids is 1. The minimum atomic E-state index is -0.922. The molecule has 0 saturated carbocycles. The predicted molar refractivity (Wildman–Crippen MR) is 67.2 cm³/mol. The molecule has 1 aromatic heterocycles. The molecule has 2 aromatic rings. The highest BCUT2D eigenvalue weighted by molar-refractivity contribution is 8.00. The zero-order chi connectivity index (χ0) is 12.4. The molecule has 0 bridgehead atoms. The van der Waals surface area contributed by atoms with Crippen molar-refractivity contribution in [2.24, 2.45) is 5.73 Å². The number of fused-ring (bicyclic) bond motifs is 1. The maximum atomic E-state index is 10.9. The number of carboxylic acid groups (broad SMARTS) is 1. The number of aliphatic carboxylic acids is 1. The molecule has 0 fully saturated rings. The van der Waals surface area contributed by atoms with Gasteiger partial charge in [0.15, 0.2) is 5.16 Å². The Morgan fingerprint density at radius 3 is 3.06 bits per heavy atom. The Kier molecular flexibility index (Phi) is 3.35. The third kappa shape index (κ3) is 2.59. The first-order valence-corrected chi connectivity index (χ1v) is 6.04. The second-order valence-electron chi connectivity index (χ2n) is 3.74. The quantitative estimate of drug-likeness (QED) is 0.714. The first kappa shape index (κ1) is 11.9. The van der Waals surface area contributed by atoms with E-state index in [-0.39, 0.29) is 6.54 Å². The highest BCUT2D eigenvalue weighted by atomic mass is 32.2. The Morgan fingerprint density at radius 2 is 2.41 bits per heavy atom. The summed E-state index contributed by atoms with van der Waals surface area (Å²) in [5.74, 6) is -0.922. The van der Waals surface area contributed by atoms with E-state index in [1.54, 1.807) is 0 Å². The average molecular weight is 251 g/mol. The molecule has 90 valence electrons. The van der Waals surface area contributed by atoms with E-state index in [0.29, 0.717) is 5.16 Å². The first-order chi connectivity index (χ1) is 8.10. The Morgan fingerprint density at radius 1 is 1.65 bits per heavy atom. The van der Waals surface area contributed by atoms with E-state index in [1.165, 1.54) is 0 Å². The van der Waals surface area contributed by atoms with Gasteiger partial charge in [0.05, 0.1) is 11.0 Å². The maximum absolute atomic E-state index is 10.9. The summed E-state index contributed by atoms with van der Waals surface area (Å²) in [7, 11) is 0. The van der Waals surface area contributed by atoms with E-state index < -0.39 is 11.2 Å². The minimum absolute atomic E-state index is 0.0794. The number of rotatable bonds is 4. The molecule has 5 nitrogen and oxygen atoms in total. The molecule has 6 heteroatoms. The number of aryl methyl sites for hydroxylation is 1. The summed E-state index contributed by atoms with van der Waals surface area (Å²) in [4.78, 5) is 18.3. The van der Waals surface area contributed by atoms with Gasteiger partial charge in [0.1, 0.15) is 5.25 Å². The molecule has 0 radical (unpaired) electrons. The van der Waals surface area contributed by atoms with Gasteiger partial charge < -0.3 is 15.8 Å². The van der Waals surface area contributed by atoms with Crippen LogP contribution >= 0.6 is 11.8 Å². The first-order valence-electron chi connectivity index (χ1n) is 5.16. The van der Waals surface area contributed by atoms with Crippen molar-refractivity contribution in [1.82, 2.24) is 9.97 Å². The van der Waals surface area contributed by atoms with Crippen LogP contribution in [0.1, 0.15) is 5.56 Å². The van der Waals surface area contributed by atoms with Crippen molar-refractivity contribution in [3.63, 3.8) is 0 Å². The molecule has 1 heterocycles. The van der Waals surface area contributed by atoms with Crippen LogP contribution in [0.25, 0.3) is 11.0 Å². The summed E-state index contributed by atoms with van der Waals surface area (Å²) >= 11 is 1.14. The predicted octanol–water partition coefficient (Wildman–Crippen LogP) is 1.38. The van der Waals surface area contributed by atoms with Crippen LogP contribution in [0.5, 0.6) is 0 Å². The van der Waals surface area contributed by atoms with Gasteiger partial charge in [0.25, 0.3) is 0 Å². The van der Waals surface area contributed by atoms with Gasteiger partial charge in [0, 0.05) is 6.54 Å². The third-order valence-corrected chi connectivity index (χ3v) is 3.45. The van der Waals surface area contributed by atoms with Crippen LogP contribution in [-0.2, 0) is 4.79 Å². The summed E-state index contributed by atoms with van der Waals surface area (Å²) in [5, 5.41) is 8.83. The molecular weight excluding hydrogens is 238 g/mol. The SMILES string of the molecule is Cc1ccc2nc(SC(CN)C(=O)O)[nH]c2c1. The Hall–Kier alpha value is -1.53. The smallest absolute Gasteiger partial charge is 0.318 e. The molecule has 0 amide bonds. The topological polar surface area (TPSA) is 92.0 Å². The van der Waals surface area contributed by atoms with Gasteiger partial charge in [-0.2, -0.15) is 0 Å². The molecule has 17 heavy (non-hydrogen) atoms. The van der Waals surface area contributed by atoms with E-state index in [0.717, 1.165) is 28.4 Å². The monoisotopic (exact) mass is 251 g/mol. The summed E-state index contributed by atoms with van der Waals surface area (Å²) < 4.78 is 0. The fourth-order valence-electron chi connectivity index (χ4n) is 1.49. The normalized spacial score (nSPS) is 12.8. The molecule has 0 aliphatic rings. The highest BCUT2D eigenvalue weighted by Crippen LogP contribution is 2.23. The van der Waals surface area contributed by atoms with E-state index in [2.05, 4.69) is 9.97 Å². The van der Waals surface area contributed by atoms with Gasteiger partial charge in [-0.15, -0.1) is 0 Å². The van der Waals surface area contributed by atoms with Crippen LogP contribution in [0.3, 0.4) is 0 Å². The van der Waals surface area contributed by atoms with Gasteiger partial charge >= 0.3 is 5.97 Å². The van der Waals surface area contributed by atoms with Crippen molar-refractivity contribution in [1.29, 1.82) is 0 Å². The van der Waals surface area contributed by atoms with Crippen LogP contribution in [0, 0.1) is 6.92 Å². The van der Waals surface area contributed by atoms with Crippen molar-refractivity contribution in [2.75, 3.05) is 6.54 Å². The van der Waals surface area contributed by atoms with Gasteiger partial charge in [-0.25, -0.2) is 4.98 Å². The number of hydrogen-bond acceptors (Lipinski definition) is 4. The summed E-state index contributed by atoms with van der Waals surface area (Å²) in [6.07, 6.45) is 0. The number of benzene rings is 1. The number of carbonyl (C=O) groups is 1. The van der Waals surface area contributed by atoms with E-state index in [1.807, 2.05) is 25.1 Å². The number of nitrogens with zero attached hydrogens (tertiary/aromatic N) is 1. The number of nitrogens with one attached hydrogen (secondary N) is 1. The van der Waals surface area contributed by atoms with Crippen molar-refractivity contribution in [3.05, 3.63) is 23.8 Å². The number of thioether (sulfide) groups is 1. The number of imidazole rings is 1. The second kappa shape index (κ2) is 4.77. The Balaban J connectivity index is 2.27. The third-order valence-electron chi connectivity index (χ3n) is 2.36. The summed E-state index contributed by atoms with van der Waals surface area (Å²) in [6.45, 7) is 2.07. The molecular formula is C11H13N3O2S. The van der Waals surface area contributed by atoms with Crippen molar-refractivity contribution >= 4 is 28.8 Å². The van der Waals surface area contributed by atoms with Crippen molar-refractivity contribution in [2.45, 2.75) is 17.3 Å². The van der Waals surface area contributed by atoms with E-state index >= 15 is 0 Å². The zero-order valence-corrected chi connectivity index (χ0v) is 10.1. The summed E-state index contributed by atoms with van der Waals surface area (Å²) in [6, 6.07) is 5.85. The molecule has 1 atom stereocenters. The van der Waals surface area contributed by atoms with Crippen LogP contribution in [0.2, 0.25) is 0 Å². The molecule has 0 saturated heterocycles. The van der Waals surface area contributed by atoms with Gasteiger partial charge in [-0.05, 0) is 24.6 Å². The average Bonchev–Trinajstić information content (AvgIpc) is 2.66. The van der Waals surface area contributed by atoms with E-state index in [4.69, 9.17) is 10.8 Å². The summed E-state index contributed by atoms with van der Waals surface area (Å²) in [5.41, 5.74) is 8.27. The van der Waals surface area contributed by atoms with E-state index in [9.17, 15) is 4.79 Å². The number of hydrogen-bond donors (Lipinski definition) is 3. The molecule has 0 aliphatic heterocycles. The zero-order valence-electron chi connectivity index (χ0n) is 9.30. The fourth-order valence-corrected chi connectivity index (χ4v) is 2.28. The Bertz CT molecular complexity index is 553. The van der Waals surface area contributed by atoms with Gasteiger partial charge in [0.2, 0.25) is 0 Å². The largest absolute Gasteiger partial charge is 0.480 e. The maximum Gasteiger partial charge on any atom is 0.318 e. The molecule has 1 aromatic carbocycles. The molecule has 2 rings (SSSR count). The molecule has 0 aliphatic carbocycles. The lowest BCUT2D eigenvalue weighted by Crippen LogP contribution is -2.25. The number of aromatic nitrogens is 2. The minimum Gasteiger partial charge on any atom is -0.480 e. The standard InChI is InChI=1S/C11H13N3O2S/c1-6-2-3-7-8(4-6)14-11(13-7)17-9(5-12)10(15)16/h2-4,9H,5,12H2,1H3,(H,13,14)(H,15,16). The Labute approximate surface area is 102 Å². The second-order valence-corrected chi connectivity index (χ2v) is 4.93. The molecule has 1 unspecified atom stereocenters. The van der Waals surface area contributed by atoms with Crippen LogP contribution in [0.15, 0.2) is 23.4 Å². The van der Waals surface area contributed by atoms with Gasteiger partial charge in [-0.3, -0.25) is 4.79 Å². The van der Waals surface area contributed by atoms with Crippen LogP contribution in [0.4, 0.5) is 0 Å². The molecule has 4 N–H and O–H groups in total. The van der Waals surface area contributed by atoms with Crippen LogP contribution < -0.4 is 5.73 Å². The lowest BCUT2D eigenvalue weighted by atomic mass is 10.2. The number of nitrogens with two attached hydrogens (primary N) is 1.